The van der Waals surface area contributed by atoms with E-state index in [0.29, 0.717) is 0 Å². The van der Waals surface area contributed by atoms with Gasteiger partial charge < -0.3 is 15.3 Å². The van der Waals surface area contributed by atoms with Gasteiger partial charge in [-0.05, 0) is 106 Å². The normalized spacial score (nSPS) is 11.9. The number of halogens is 9. The van der Waals surface area contributed by atoms with Crippen LogP contribution in [0, 0.1) is 38.2 Å². The smallest absolute Gasteiger partial charge is 0.869 e. The summed E-state index contributed by atoms with van der Waals surface area (Å²) in [6.07, 6.45) is -11.3. The summed E-state index contributed by atoms with van der Waals surface area (Å²) in [6.45, 7) is 0. The van der Waals surface area contributed by atoms with E-state index in [-0.39, 0.29) is 71.0 Å². The van der Waals surface area contributed by atoms with Crippen LogP contribution in [0.3, 0.4) is 0 Å². The molecule has 23 heteroatoms. The Morgan fingerprint density at radius 2 is 0.738 bits per heavy atom. The molecule has 6 aromatic heterocycles. The SMILES string of the molecule is O=C(/C=C(\[O-])C(F)(F)F)c1cccs1.O=C(/C=C(\[O-])C(F)(F)F)c1cccs1.O=C(/C=C(\[O-])C(F)(F)F)c1cccs1.[Dy+3].c1ccc(-c2ccc(-c3ccccn3)nn2)nc1. The van der Waals surface area contributed by atoms with Crippen molar-refractivity contribution < 1.29 is 107 Å². The second-order valence-electron chi connectivity index (χ2n) is 10.8. The first-order valence-electron chi connectivity index (χ1n) is 15.9. The number of aromatic nitrogens is 4. The van der Waals surface area contributed by atoms with Crippen molar-refractivity contribution in [3.05, 3.63) is 164 Å². The van der Waals surface area contributed by atoms with Crippen molar-refractivity contribution in [1.29, 1.82) is 0 Å². The van der Waals surface area contributed by atoms with Crippen molar-refractivity contribution in [2.75, 3.05) is 0 Å². The van der Waals surface area contributed by atoms with Gasteiger partial charge in [0.2, 0.25) is 0 Å². The maximum absolute atomic E-state index is 11.7. The molecule has 6 rings (SSSR count). The van der Waals surface area contributed by atoms with E-state index in [1.165, 1.54) is 36.4 Å². The predicted octanol–water partition coefficient (Wildman–Crippen LogP) is 7.81. The van der Waals surface area contributed by atoms with Crippen molar-refractivity contribution in [3.63, 3.8) is 0 Å². The maximum atomic E-state index is 11.7. The van der Waals surface area contributed by atoms with Crippen LogP contribution in [0.5, 0.6) is 0 Å². The van der Waals surface area contributed by atoms with Crippen LogP contribution in [-0.2, 0) is 0 Å². The molecule has 0 bridgehead atoms. The minimum absolute atomic E-state index is 0. The second kappa shape index (κ2) is 24.3. The van der Waals surface area contributed by atoms with Crippen LogP contribution in [0.25, 0.3) is 22.8 Å². The Labute approximate surface area is 381 Å². The molecule has 0 N–H and O–H groups in total. The van der Waals surface area contributed by atoms with Crippen LogP contribution in [0.2, 0.25) is 0 Å². The van der Waals surface area contributed by atoms with Gasteiger partial charge in [0.1, 0.15) is 11.4 Å². The molecule has 0 atom stereocenters. The molecule has 0 aliphatic rings. The number of ketones is 3. The standard InChI is InChI=1S/C14H10N4.3C8H5F3O2S.Dy/c1-3-9-15-11(5-1)13-7-8-14(18-17-13)12-6-2-4-10-16-12;3*9-8(10,11)7(13)4-5(12)6-2-1-3-14-6;/h1-10H;3*1-4,13H;/q;;;;+3/p-3/b;3*7-4-;. The van der Waals surface area contributed by atoms with E-state index in [1.807, 2.05) is 48.5 Å². The number of rotatable bonds is 8. The molecule has 6 aromatic rings. The Bertz CT molecular complexity index is 2130. The average molecular weight is 1060 g/mol. The topological polar surface area (TPSA) is 172 Å². The number of hydrogen-bond donors (Lipinski definition) is 0. The van der Waals surface area contributed by atoms with Crippen molar-refractivity contribution in [2.45, 2.75) is 18.5 Å². The molecular weight excluding hydrogens is 1040 g/mol. The van der Waals surface area contributed by atoms with Gasteiger partial charge in [0, 0.05) is 12.4 Å². The third-order valence-corrected chi connectivity index (χ3v) is 9.09. The van der Waals surface area contributed by atoms with Gasteiger partial charge in [-0.2, -0.15) is 39.5 Å². The third-order valence-electron chi connectivity index (χ3n) is 6.44. The van der Waals surface area contributed by atoms with Crippen LogP contribution in [0.15, 0.2) is 149 Å². The summed E-state index contributed by atoms with van der Waals surface area (Å²) < 4.78 is 105. The van der Waals surface area contributed by atoms with Crippen LogP contribution in [0.1, 0.15) is 29.0 Å². The number of carbonyl (C=O) groups is 3. The van der Waals surface area contributed by atoms with Crippen molar-refractivity contribution in [1.82, 2.24) is 20.2 Å². The van der Waals surface area contributed by atoms with Gasteiger partial charge >= 0.3 is 56.7 Å². The minimum Gasteiger partial charge on any atom is -0.869 e. The summed E-state index contributed by atoms with van der Waals surface area (Å²) in [5, 5.41) is 44.1. The van der Waals surface area contributed by atoms with Crippen molar-refractivity contribution >= 4 is 51.4 Å². The predicted molar refractivity (Wildman–Crippen MR) is 197 cm³/mol. The van der Waals surface area contributed by atoms with Crippen molar-refractivity contribution in [3.8, 4) is 22.8 Å². The molecule has 321 valence electrons. The van der Waals surface area contributed by atoms with Crippen LogP contribution in [0.4, 0.5) is 39.5 Å². The largest absolute Gasteiger partial charge is 3.00 e. The number of pyridine rings is 2. The van der Waals surface area contributed by atoms with E-state index in [2.05, 4.69) is 20.2 Å². The zero-order valence-electron chi connectivity index (χ0n) is 29.9. The van der Waals surface area contributed by atoms with Crippen LogP contribution < -0.4 is 15.3 Å². The van der Waals surface area contributed by atoms with E-state index >= 15 is 0 Å². The van der Waals surface area contributed by atoms with Gasteiger partial charge in [0.05, 0.1) is 26.0 Å². The van der Waals surface area contributed by atoms with Crippen LogP contribution in [-0.4, -0.2) is 56.0 Å². The summed E-state index contributed by atoms with van der Waals surface area (Å²) in [7, 11) is 0. The first-order valence-corrected chi connectivity index (χ1v) is 18.6. The number of alkyl halides is 9. The summed E-state index contributed by atoms with van der Waals surface area (Å²) >= 11 is 2.95. The van der Waals surface area contributed by atoms with E-state index < -0.39 is 53.2 Å². The molecule has 6 heterocycles. The van der Waals surface area contributed by atoms with Gasteiger partial charge in [0.15, 0.2) is 17.3 Å². The summed E-state index contributed by atoms with van der Waals surface area (Å²) in [4.78, 5) is 41.8. The average Bonchev–Trinajstić information content (AvgIpc) is 4.04. The van der Waals surface area contributed by atoms with E-state index in [1.54, 1.807) is 28.5 Å². The molecule has 0 spiro atoms. The molecule has 61 heavy (non-hydrogen) atoms. The Kier molecular flexibility index (Phi) is 20.6. The Hall–Kier alpha value is -5.25. The number of allylic oxidation sites excluding steroid dienone is 6. The molecule has 0 saturated carbocycles. The zero-order valence-corrected chi connectivity index (χ0v) is 34.4. The molecule has 0 unspecified atom stereocenters. The van der Waals surface area contributed by atoms with Gasteiger partial charge in [-0.1, -0.05) is 30.3 Å². The first kappa shape index (κ1) is 51.9. The number of thiophene rings is 3. The van der Waals surface area contributed by atoms with Gasteiger partial charge in [-0.15, -0.1) is 44.2 Å². The maximum Gasteiger partial charge on any atom is 3.00 e. The van der Waals surface area contributed by atoms with Gasteiger partial charge in [-0.25, -0.2) is 0 Å². The molecule has 0 fully saturated rings. The molecule has 0 aromatic carbocycles. The molecule has 0 amide bonds. The fourth-order valence-corrected chi connectivity index (χ4v) is 5.61. The van der Waals surface area contributed by atoms with Gasteiger partial charge in [-0.3, -0.25) is 24.4 Å². The Morgan fingerprint density at radius 1 is 0.443 bits per heavy atom. The summed E-state index contributed by atoms with van der Waals surface area (Å²) in [5.74, 6) is -9.13. The fourth-order valence-electron chi connectivity index (χ4n) is 3.71. The van der Waals surface area contributed by atoms with Crippen molar-refractivity contribution in [2.24, 2.45) is 0 Å². The second-order valence-corrected chi connectivity index (χ2v) is 13.6. The number of nitrogens with zero attached hydrogens (tertiary/aromatic N) is 4. The molecule has 1 radical (unpaired) electrons. The Morgan fingerprint density at radius 3 is 0.934 bits per heavy atom. The van der Waals surface area contributed by atoms with E-state index in [0.717, 1.165) is 56.8 Å². The monoisotopic (exact) mass is 1060 g/mol. The molecule has 0 aliphatic heterocycles. The molecule has 0 saturated heterocycles. The quantitative estimate of drug-likeness (QED) is 0.0634. The summed E-state index contributed by atoms with van der Waals surface area (Å²) in [5.41, 5.74) is 3.15. The van der Waals surface area contributed by atoms with E-state index in [4.69, 9.17) is 0 Å². The molecule has 0 aliphatic carbocycles. The van der Waals surface area contributed by atoms with Crippen LogP contribution >= 0.6 is 34.0 Å². The fraction of sp³-hybridized carbons (Fsp3) is 0.0789. The third kappa shape index (κ3) is 18.1. The van der Waals surface area contributed by atoms with Gasteiger partial charge in [0.25, 0.3) is 0 Å². The molecular formula is C38H22DyF9N4O6S3. The number of hydrogen-bond acceptors (Lipinski definition) is 13. The minimum atomic E-state index is -4.98. The molecule has 10 nitrogen and oxygen atoms in total. The zero-order chi connectivity index (χ0) is 44.5. The first-order chi connectivity index (χ1) is 28.2. The number of carbonyl (C=O) groups excluding carboxylic acids is 3. The summed E-state index contributed by atoms with van der Waals surface area (Å²) in [6, 6.07) is 23.8. The van der Waals surface area contributed by atoms with E-state index in [9.17, 15) is 69.2 Å². The Balaban J connectivity index is 0.000000281.